The fourth-order valence-corrected chi connectivity index (χ4v) is 5.14. The van der Waals surface area contributed by atoms with Crippen LogP contribution in [0.25, 0.3) is 0 Å². The minimum absolute atomic E-state index is 0.211. The molecule has 1 atom stereocenters. The minimum Gasteiger partial charge on any atom is -0.368 e. The number of hydrogen-bond acceptors (Lipinski definition) is 3. The van der Waals surface area contributed by atoms with Crippen LogP contribution in [0.2, 0.25) is 0 Å². The number of amides is 1. The standard InChI is InChI=1S/C19H28N2O2S/c1-15-7-8-16-5-3-4-6-18(16)21(15)12-9-19(22)20(2)17-10-13-24(23)14-11-17/h3-6,15,17H,7-14H2,1-2H3. The molecule has 0 aromatic heterocycles. The zero-order valence-corrected chi connectivity index (χ0v) is 15.6. The highest BCUT2D eigenvalue weighted by Crippen LogP contribution is 2.30. The minimum atomic E-state index is -0.674. The van der Waals surface area contributed by atoms with Crippen LogP contribution in [0.15, 0.2) is 24.3 Å². The first kappa shape index (κ1) is 17.5. The van der Waals surface area contributed by atoms with Gasteiger partial charge in [0.1, 0.15) is 0 Å². The summed E-state index contributed by atoms with van der Waals surface area (Å²) in [5, 5.41) is 0. The van der Waals surface area contributed by atoms with Gasteiger partial charge < -0.3 is 9.80 Å². The van der Waals surface area contributed by atoms with Gasteiger partial charge in [-0.15, -0.1) is 0 Å². The van der Waals surface area contributed by atoms with Crippen LogP contribution in [0.1, 0.15) is 38.2 Å². The Bertz CT molecular complexity index is 609. The lowest BCUT2D eigenvalue weighted by Crippen LogP contribution is -2.44. The fraction of sp³-hybridized carbons (Fsp3) is 0.632. The molecule has 1 saturated heterocycles. The number of carbonyl (C=O) groups is 1. The number of nitrogens with zero attached hydrogens (tertiary/aromatic N) is 2. The van der Waals surface area contributed by atoms with Gasteiger partial charge in [0.05, 0.1) is 0 Å². The zero-order chi connectivity index (χ0) is 17.1. The molecule has 0 N–H and O–H groups in total. The molecule has 0 spiro atoms. The molecule has 1 fully saturated rings. The molecule has 24 heavy (non-hydrogen) atoms. The lowest BCUT2D eigenvalue weighted by Gasteiger charge is -2.38. The third-order valence-electron chi connectivity index (χ3n) is 5.53. The molecular weight excluding hydrogens is 320 g/mol. The molecule has 0 radical (unpaired) electrons. The summed E-state index contributed by atoms with van der Waals surface area (Å²) in [6.45, 7) is 3.03. The molecule has 5 heteroatoms. The molecule has 1 aromatic carbocycles. The maximum Gasteiger partial charge on any atom is 0.224 e. The van der Waals surface area contributed by atoms with E-state index in [1.165, 1.54) is 11.3 Å². The molecule has 3 rings (SSSR count). The van der Waals surface area contributed by atoms with E-state index in [2.05, 4.69) is 36.1 Å². The average molecular weight is 349 g/mol. The summed E-state index contributed by atoms with van der Waals surface area (Å²) in [6, 6.07) is 9.30. The van der Waals surface area contributed by atoms with Crippen molar-refractivity contribution in [3.05, 3.63) is 29.8 Å². The van der Waals surface area contributed by atoms with Crippen molar-refractivity contribution in [3.8, 4) is 0 Å². The monoisotopic (exact) mass is 348 g/mol. The summed E-state index contributed by atoms with van der Waals surface area (Å²) in [5.74, 6) is 1.68. The summed E-state index contributed by atoms with van der Waals surface area (Å²) in [4.78, 5) is 16.9. The van der Waals surface area contributed by atoms with Crippen molar-refractivity contribution in [1.82, 2.24) is 4.90 Å². The molecule has 1 aromatic rings. The Balaban J connectivity index is 1.59. The Hall–Kier alpha value is -1.36. The first-order valence-electron chi connectivity index (χ1n) is 9.01. The third-order valence-corrected chi connectivity index (χ3v) is 6.91. The SMILES string of the molecule is CC1CCc2ccccc2N1CCC(=O)N(C)C1CCS(=O)CC1. The van der Waals surface area contributed by atoms with Crippen LogP contribution < -0.4 is 4.90 Å². The number of fused-ring (bicyclic) bond motifs is 1. The van der Waals surface area contributed by atoms with Crippen molar-refractivity contribution in [2.45, 2.75) is 51.1 Å². The summed E-state index contributed by atoms with van der Waals surface area (Å²) in [6.07, 6.45) is 4.57. The largest absolute Gasteiger partial charge is 0.368 e. The van der Waals surface area contributed by atoms with E-state index in [4.69, 9.17) is 0 Å². The number of carbonyl (C=O) groups excluding carboxylic acids is 1. The highest BCUT2D eigenvalue weighted by molar-refractivity contribution is 7.85. The lowest BCUT2D eigenvalue weighted by atomic mass is 9.96. The van der Waals surface area contributed by atoms with Gasteiger partial charge in [0.15, 0.2) is 0 Å². The summed E-state index contributed by atoms with van der Waals surface area (Å²) < 4.78 is 11.5. The van der Waals surface area contributed by atoms with Crippen molar-refractivity contribution in [3.63, 3.8) is 0 Å². The van der Waals surface area contributed by atoms with Crippen LogP contribution in [0.4, 0.5) is 5.69 Å². The number of para-hydroxylation sites is 1. The Morgan fingerprint density at radius 3 is 2.71 bits per heavy atom. The van der Waals surface area contributed by atoms with Crippen molar-refractivity contribution >= 4 is 22.4 Å². The molecule has 1 amide bonds. The van der Waals surface area contributed by atoms with E-state index < -0.39 is 10.8 Å². The van der Waals surface area contributed by atoms with E-state index in [0.717, 1.165) is 43.7 Å². The van der Waals surface area contributed by atoms with Crippen molar-refractivity contribution in [1.29, 1.82) is 0 Å². The van der Waals surface area contributed by atoms with Gasteiger partial charge in [-0.2, -0.15) is 0 Å². The molecule has 2 heterocycles. The van der Waals surface area contributed by atoms with Crippen LogP contribution in [-0.2, 0) is 22.0 Å². The topological polar surface area (TPSA) is 40.6 Å². The Kier molecular flexibility index (Phi) is 5.59. The van der Waals surface area contributed by atoms with Gasteiger partial charge in [-0.05, 0) is 44.2 Å². The summed E-state index contributed by atoms with van der Waals surface area (Å²) in [5.41, 5.74) is 2.69. The van der Waals surface area contributed by atoms with E-state index in [9.17, 15) is 9.00 Å². The molecule has 0 aliphatic carbocycles. The van der Waals surface area contributed by atoms with E-state index in [0.29, 0.717) is 12.5 Å². The van der Waals surface area contributed by atoms with Gasteiger partial charge >= 0.3 is 0 Å². The maximum absolute atomic E-state index is 12.6. The van der Waals surface area contributed by atoms with Gasteiger partial charge in [-0.3, -0.25) is 9.00 Å². The number of anilines is 1. The Morgan fingerprint density at radius 2 is 1.96 bits per heavy atom. The predicted molar refractivity (Wildman–Crippen MR) is 99.9 cm³/mol. The van der Waals surface area contributed by atoms with Gasteiger partial charge in [0.25, 0.3) is 0 Å². The number of aryl methyl sites for hydroxylation is 1. The lowest BCUT2D eigenvalue weighted by molar-refractivity contribution is -0.131. The van der Waals surface area contributed by atoms with E-state index in [1.54, 1.807) is 0 Å². The van der Waals surface area contributed by atoms with Gasteiger partial charge in [-0.25, -0.2) is 0 Å². The molecule has 0 saturated carbocycles. The van der Waals surface area contributed by atoms with Gasteiger partial charge in [0, 0.05) is 60.1 Å². The molecule has 4 nitrogen and oxygen atoms in total. The highest BCUT2D eigenvalue weighted by atomic mass is 32.2. The average Bonchev–Trinajstić information content (AvgIpc) is 2.60. The van der Waals surface area contributed by atoms with Crippen molar-refractivity contribution in [2.24, 2.45) is 0 Å². The molecule has 2 aliphatic heterocycles. The summed E-state index contributed by atoms with van der Waals surface area (Å²) in [7, 11) is 1.24. The number of hydrogen-bond donors (Lipinski definition) is 0. The van der Waals surface area contributed by atoms with Crippen LogP contribution in [0.5, 0.6) is 0 Å². The third kappa shape index (κ3) is 3.82. The first-order chi connectivity index (χ1) is 11.6. The van der Waals surface area contributed by atoms with Gasteiger partial charge in [-0.1, -0.05) is 18.2 Å². The second kappa shape index (κ2) is 7.68. The van der Waals surface area contributed by atoms with E-state index in [-0.39, 0.29) is 11.9 Å². The Morgan fingerprint density at radius 1 is 1.25 bits per heavy atom. The van der Waals surface area contributed by atoms with Crippen LogP contribution in [0.3, 0.4) is 0 Å². The number of rotatable bonds is 4. The van der Waals surface area contributed by atoms with Gasteiger partial charge in [0.2, 0.25) is 5.91 Å². The summed E-state index contributed by atoms with van der Waals surface area (Å²) >= 11 is 0. The predicted octanol–water partition coefficient (Wildman–Crippen LogP) is 2.59. The maximum atomic E-state index is 12.6. The first-order valence-corrected chi connectivity index (χ1v) is 10.5. The smallest absolute Gasteiger partial charge is 0.224 e. The normalized spacial score (nSPS) is 26.8. The van der Waals surface area contributed by atoms with E-state index in [1.807, 2.05) is 11.9 Å². The van der Waals surface area contributed by atoms with Crippen molar-refractivity contribution < 1.29 is 9.00 Å². The van der Waals surface area contributed by atoms with Crippen LogP contribution >= 0.6 is 0 Å². The highest BCUT2D eigenvalue weighted by Gasteiger charge is 2.27. The van der Waals surface area contributed by atoms with Crippen LogP contribution in [0, 0.1) is 0 Å². The molecule has 0 bridgehead atoms. The quantitative estimate of drug-likeness (QED) is 0.840. The number of benzene rings is 1. The van der Waals surface area contributed by atoms with Crippen molar-refractivity contribution in [2.75, 3.05) is 30.0 Å². The Labute approximate surface area is 147 Å². The fourth-order valence-electron chi connectivity index (χ4n) is 3.87. The second-order valence-electron chi connectivity index (χ2n) is 7.04. The molecular formula is C19H28N2O2S. The van der Waals surface area contributed by atoms with Crippen LogP contribution in [-0.4, -0.2) is 52.2 Å². The molecule has 1 unspecified atom stereocenters. The zero-order valence-electron chi connectivity index (χ0n) is 14.7. The van der Waals surface area contributed by atoms with E-state index >= 15 is 0 Å². The second-order valence-corrected chi connectivity index (χ2v) is 8.74. The molecule has 132 valence electrons. The molecule has 2 aliphatic rings.